The summed E-state index contributed by atoms with van der Waals surface area (Å²) in [4.78, 5) is 40.1. The molecule has 0 aromatic carbocycles. The van der Waals surface area contributed by atoms with Crippen LogP contribution in [0.1, 0.15) is 85.7 Å². The molecule has 8 heteroatoms. The van der Waals surface area contributed by atoms with Gasteiger partial charge in [-0.15, -0.1) is 0 Å². The first-order valence-electron chi connectivity index (χ1n) is 10.9. The molecule has 0 radical (unpaired) electrons. The minimum absolute atomic E-state index is 0.158. The third-order valence-electron chi connectivity index (χ3n) is 6.85. The first kappa shape index (κ1) is 19.9. The summed E-state index contributed by atoms with van der Waals surface area (Å²) in [6.07, 6.45) is 9.66. The zero-order valence-electron chi connectivity index (χ0n) is 17.4. The van der Waals surface area contributed by atoms with Crippen LogP contribution in [0, 0.1) is 0 Å². The fourth-order valence-electron chi connectivity index (χ4n) is 4.76. The smallest absolute Gasteiger partial charge is 0.272 e. The zero-order chi connectivity index (χ0) is 20.6. The summed E-state index contributed by atoms with van der Waals surface area (Å²) in [6, 6.07) is 1.90. The maximum absolute atomic E-state index is 13.0. The van der Waals surface area contributed by atoms with Crippen molar-refractivity contribution in [2.45, 2.75) is 88.9 Å². The Morgan fingerprint density at radius 2 is 1.62 bits per heavy atom. The van der Waals surface area contributed by atoms with Crippen LogP contribution in [0.4, 0.5) is 0 Å². The van der Waals surface area contributed by atoms with E-state index in [9.17, 15) is 14.4 Å². The maximum Gasteiger partial charge on any atom is 0.272 e. The van der Waals surface area contributed by atoms with Crippen molar-refractivity contribution >= 4 is 17.7 Å². The highest BCUT2D eigenvalue weighted by Crippen LogP contribution is 2.27. The molecule has 0 unspecified atom stereocenters. The van der Waals surface area contributed by atoms with Crippen LogP contribution in [-0.4, -0.2) is 57.1 Å². The molecule has 1 aromatic heterocycles. The molecule has 0 spiro atoms. The summed E-state index contributed by atoms with van der Waals surface area (Å²) in [7, 11) is 1.65. The van der Waals surface area contributed by atoms with Gasteiger partial charge in [0.1, 0.15) is 11.2 Å². The first-order valence-corrected chi connectivity index (χ1v) is 10.9. The van der Waals surface area contributed by atoms with E-state index < -0.39 is 5.54 Å². The summed E-state index contributed by atoms with van der Waals surface area (Å²) in [5.74, 6) is -0.689. The van der Waals surface area contributed by atoms with Gasteiger partial charge in [0.05, 0.1) is 6.54 Å². The molecule has 0 saturated heterocycles. The highest BCUT2D eigenvalue weighted by molar-refractivity contribution is 6.01. The average Bonchev–Trinajstić information content (AvgIpc) is 3.37. The number of rotatable bonds is 4. The topological polar surface area (TPSA) is 96.3 Å². The summed E-state index contributed by atoms with van der Waals surface area (Å²) in [5, 5.41) is 10.5. The molecule has 3 aliphatic rings. The summed E-state index contributed by atoms with van der Waals surface area (Å²) < 4.78 is 1.52. The van der Waals surface area contributed by atoms with Gasteiger partial charge in [-0.2, -0.15) is 5.10 Å². The van der Waals surface area contributed by atoms with Crippen molar-refractivity contribution in [1.82, 2.24) is 25.3 Å². The van der Waals surface area contributed by atoms with Crippen LogP contribution in [0.15, 0.2) is 6.07 Å². The third-order valence-corrected chi connectivity index (χ3v) is 6.85. The molecule has 2 N–H and O–H groups in total. The van der Waals surface area contributed by atoms with Crippen LogP contribution in [0.2, 0.25) is 0 Å². The monoisotopic (exact) mass is 401 g/mol. The van der Waals surface area contributed by atoms with Gasteiger partial charge < -0.3 is 15.5 Å². The van der Waals surface area contributed by atoms with Crippen molar-refractivity contribution in [2.24, 2.45) is 0 Å². The molecule has 2 aliphatic carbocycles. The zero-order valence-corrected chi connectivity index (χ0v) is 17.4. The second kappa shape index (κ2) is 7.80. The number of aromatic nitrogens is 2. The number of carbonyl (C=O) groups excluding carboxylic acids is 3. The number of carbonyl (C=O) groups is 3. The van der Waals surface area contributed by atoms with E-state index in [-0.39, 0.29) is 42.0 Å². The highest BCUT2D eigenvalue weighted by atomic mass is 16.2. The molecule has 4 rings (SSSR count). The molecular weight excluding hydrogens is 370 g/mol. The van der Waals surface area contributed by atoms with E-state index in [0.29, 0.717) is 5.69 Å². The lowest BCUT2D eigenvalue weighted by molar-refractivity contribution is -0.133. The number of nitrogens with zero attached hydrogens (tertiary/aromatic N) is 3. The molecule has 158 valence electrons. The predicted octanol–water partition coefficient (Wildman–Crippen LogP) is 1.85. The van der Waals surface area contributed by atoms with Crippen LogP contribution >= 0.6 is 0 Å². The Labute approximate surface area is 171 Å². The lowest BCUT2D eigenvalue weighted by atomic mass is 9.95. The van der Waals surface area contributed by atoms with Crippen molar-refractivity contribution in [3.63, 3.8) is 0 Å². The molecule has 0 bridgehead atoms. The van der Waals surface area contributed by atoms with Crippen molar-refractivity contribution in [3.05, 3.63) is 17.5 Å². The first-order chi connectivity index (χ1) is 13.9. The molecular formula is C21H31N5O3. The molecule has 2 fully saturated rings. The SMILES string of the molecule is CN1C(=O)c2cc(C(=O)NC3CCCCC3)nn2C[C@@]1(C)C(=O)NC1CCCC1. The number of hydrogen-bond acceptors (Lipinski definition) is 4. The van der Waals surface area contributed by atoms with Crippen LogP contribution < -0.4 is 10.6 Å². The van der Waals surface area contributed by atoms with Crippen molar-refractivity contribution < 1.29 is 14.4 Å². The quantitative estimate of drug-likeness (QED) is 0.805. The summed E-state index contributed by atoms with van der Waals surface area (Å²) >= 11 is 0. The van der Waals surface area contributed by atoms with E-state index >= 15 is 0 Å². The Hall–Kier alpha value is -2.38. The largest absolute Gasteiger partial charge is 0.351 e. The summed E-state index contributed by atoms with van der Waals surface area (Å²) in [6.45, 7) is 2.00. The maximum atomic E-state index is 13.0. The van der Waals surface area contributed by atoms with Gasteiger partial charge in [0, 0.05) is 25.2 Å². The number of amides is 3. The average molecular weight is 402 g/mol. The van der Waals surface area contributed by atoms with Gasteiger partial charge in [-0.25, -0.2) is 0 Å². The minimum atomic E-state index is -1.03. The van der Waals surface area contributed by atoms with Crippen LogP contribution in [0.3, 0.4) is 0 Å². The van der Waals surface area contributed by atoms with Gasteiger partial charge >= 0.3 is 0 Å². The summed E-state index contributed by atoms with van der Waals surface area (Å²) in [5.41, 5.74) is -0.435. The fourth-order valence-corrected chi connectivity index (χ4v) is 4.76. The van der Waals surface area contributed by atoms with E-state index in [1.54, 1.807) is 20.0 Å². The second-order valence-electron chi connectivity index (χ2n) is 8.97. The Bertz CT molecular complexity index is 807. The lowest BCUT2D eigenvalue weighted by Gasteiger charge is -2.41. The Kier molecular flexibility index (Phi) is 5.36. The molecule has 3 amide bonds. The van der Waals surface area contributed by atoms with E-state index in [4.69, 9.17) is 0 Å². The number of nitrogens with one attached hydrogen (secondary N) is 2. The molecule has 29 heavy (non-hydrogen) atoms. The van der Waals surface area contributed by atoms with Crippen molar-refractivity contribution in [1.29, 1.82) is 0 Å². The molecule has 1 atom stereocenters. The highest BCUT2D eigenvalue weighted by Gasteiger charge is 2.47. The second-order valence-corrected chi connectivity index (χ2v) is 8.97. The number of fused-ring (bicyclic) bond motifs is 1. The predicted molar refractivity (Wildman–Crippen MR) is 107 cm³/mol. The molecule has 1 aliphatic heterocycles. The van der Waals surface area contributed by atoms with E-state index in [0.717, 1.165) is 51.4 Å². The minimum Gasteiger partial charge on any atom is -0.351 e. The van der Waals surface area contributed by atoms with Gasteiger partial charge in [-0.1, -0.05) is 32.1 Å². The van der Waals surface area contributed by atoms with Gasteiger partial charge in [-0.05, 0) is 32.6 Å². The number of likely N-dealkylation sites (N-methyl/N-ethyl adjacent to an activating group) is 1. The third kappa shape index (κ3) is 3.76. The molecule has 8 nitrogen and oxygen atoms in total. The lowest BCUT2D eigenvalue weighted by Crippen LogP contribution is -2.63. The molecule has 2 heterocycles. The van der Waals surface area contributed by atoms with E-state index in [2.05, 4.69) is 15.7 Å². The van der Waals surface area contributed by atoms with E-state index in [1.807, 2.05) is 0 Å². The Balaban J connectivity index is 1.51. The van der Waals surface area contributed by atoms with Crippen LogP contribution in [0.5, 0.6) is 0 Å². The van der Waals surface area contributed by atoms with Crippen molar-refractivity contribution in [3.8, 4) is 0 Å². The molecule has 2 saturated carbocycles. The normalized spacial score (nSPS) is 25.7. The van der Waals surface area contributed by atoms with E-state index in [1.165, 1.54) is 16.0 Å². The molecule has 1 aromatic rings. The van der Waals surface area contributed by atoms with Crippen molar-refractivity contribution in [2.75, 3.05) is 7.05 Å². The van der Waals surface area contributed by atoms with Gasteiger partial charge in [-0.3, -0.25) is 19.1 Å². The van der Waals surface area contributed by atoms with Crippen LogP contribution in [-0.2, 0) is 11.3 Å². The Morgan fingerprint density at radius 1 is 1.03 bits per heavy atom. The standard InChI is InChI=1S/C21H31N5O3/c1-21(20(29)23-15-10-6-7-11-15)13-26-17(19(28)25(21)2)12-16(24-26)18(27)22-14-8-4-3-5-9-14/h12,14-15H,3-11,13H2,1-2H3,(H,22,27)(H,23,29)/t21-/m0/s1. The van der Waals surface area contributed by atoms with Crippen LogP contribution in [0.25, 0.3) is 0 Å². The Morgan fingerprint density at radius 3 is 2.28 bits per heavy atom. The van der Waals surface area contributed by atoms with Gasteiger partial charge in [0.25, 0.3) is 11.8 Å². The number of hydrogen-bond donors (Lipinski definition) is 2. The van der Waals surface area contributed by atoms with Gasteiger partial charge in [0.15, 0.2) is 5.69 Å². The fraction of sp³-hybridized carbons (Fsp3) is 0.714. The van der Waals surface area contributed by atoms with Gasteiger partial charge in [0.2, 0.25) is 5.91 Å².